The number of hydrogen-bond donors (Lipinski definition) is 5. The molecule has 0 aromatic heterocycles. The Hall–Kier alpha value is -1.73. The Balaban J connectivity index is 1.67. The Labute approximate surface area is 196 Å². The fourth-order valence-electron chi connectivity index (χ4n) is 6.72. The van der Waals surface area contributed by atoms with Gasteiger partial charge >= 0.3 is 0 Å². The molecule has 0 aliphatic heterocycles. The monoisotopic (exact) mass is 458 g/mol. The zero-order valence-electron chi connectivity index (χ0n) is 20.4. The fraction of sp³-hybridized carbons (Fsp3) is 0.667. The lowest BCUT2D eigenvalue weighted by Gasteiger charge is -2.51. The Bertz CT molecular complexity index is 1000. The van der Waals surface area contributed by atoms with Gasteiger partial charge in [0.25, 0.3) is 0 Å². The first-order valence-electron chi connectivity index (χ1n) is 12.1. The van der Waals surface area contributed by atoms with E-state index < -0.39 is 40.0 Å². The minimum atomic E-state index is -1.09. The molecule has 0 saturated heterocycles. The molecule has 0 radical (unpaired) electrons. The first kappa shape index (κ1) is 24.4. The molecule has 1 saturated carbocycles. The van der Waals surface area contributed by atoms with E-state index in [2.05, 4.69) is 6.92 Å². The topological polar surface area (TPSA) is 118 Å². The summed E-state index contributed by atoms with van der Waals surface area (Å²) in [5, 5.41) is 53.0. The van der Waals surface area contributed by atoms with Gasteiger partial charge in [-0.1, -0.05) is 26.0 Å². The van der Waals surface area contributed by atoms with Gasteiger partial charge in [-0.05, 0) is 81.6 Å². The molecule has 0 amide bonds. The van der Waals surface area contributed by atoms with Crippen molar-refractivity contribution < 1.29 is 30.3 Å². The second-order valence-corrected chi connectivity index (χ2v) is 11.8. The standard InChI is InChI=1S/C27H38O6/c1-24(2,32)10-6-11-27(5,33)20-8-7-15-21-16(9-12-25(15,20)3)26(4)14-19(29)18(28)13-17(26)22(30)23(21)31/h7-8,18-19,28-30,32-33H,6,9-14H2,1-5H3/t18-,19+,25+,26-,27-/m1/s1. The molecule has 0 spiro atoms. The third kappa shape index (κ3) is 3.75. The van der Waals surface area contributed by atoms with Crippen LogP contribution in [0.4, 0.5) is 0 Å². The maximum Gasteiger partial charge on any atom is 0.227 e. The summed E-state index contributed by atoms with van der Waals surface area (Å²) < 4.78 is 0. The quantitative estimate of drug-likeness (QED) is 0.430. The van der Waals surface area contributed by atoms with Crippen LogP contribution >= 0.6 is 0 Å². The largest absolute Gasteiger partial charge is 0.504 e. The van der Waals surface area contributed by atoms with Crippen LogP contribution in [0.3, 0.4) is 0 Å². The molecular formula is C27H38O6. The van der Waals surface area contributed by atoms with E-state index in [-0.39, 0.29) is 18.6 Å². The minimum absolute atomic E-state index is 0.0851. The van der Waals surface area contributed by atoms with Gasteiger partial charge in [-0.2, -0.15) is 0 Å². The van der Waals surface area contributed by atoms with E-state index in [0.29, 0.717) is 43.3 Å². The summed E-state index contributed by atoms with van der Waals surface area (Å²) in [5.74, 6) is -0.729. The summed E-state index contributed by atoms with van der Waals surface area (Å²) in [5.41, 5.74) is 0.546. The van der Waals surface area contributed by atoms with Gasteiger partial charge in [0.2, 0.25) is 5.78 Å². The molecule has 0 unspecified atom stereocenters. The summed E-state index contributed by atoms with van der Waals surface area (Å²) in [4.78, 5) is 13.4. The van der Waals surface area contributed by atoms with Crippen LogP contribution < -0.4 is 0 Å². The zero-order valence-corrected chi connectivity index (χ0v) is 20.4. The van der Waals surface area contributed by atoms with E-state index >= 15 is 0 Å². The highest BCUT2D eigenvalue weighted by molar-refractivity contribution is 6.13. The van der Waals surface area contributed by atoms with E-state index in [1.807, 2.05) is 19.1 Å². The third-order valence-corrected chi connectivity index (χ3v) is 8.62. The molecule has 182 valence electrons. The normalized spacial score (nSPS) is 36.1. The molecule has 5 N–H and O–H groups in total. The van der Waals surface area contributed by atoms with Crippen molar-refractivity contribution in [3.05, 3.63) is 45.8 Å². The maximum absolute atomic E-state index is 13.4. The summed E-state index contributed by atoms with van der Waals surface area (Å²) >= 11 is 0. The van der Waals surface area contributed by atoms with E-state index in [0.717, 1.165) is 16.7 Å². The second kappa shape index (κ2) is 7.64. The highest BCUT2D eigenvalue weighted by atomic mass is 16.3. The van der Waals surface area contributed by atoms with Gasteiger partial charge in [-0.15, -0.1) is 0 Å². The van der Waals surface area contributed by atoms with Gasteiger partial charge < -0.3 is 25.5 Å². The Morgan fingerprint density at radius 2 is 1.67 bits per heavy atom. The van der Waals surface area contributed by atoms with Crippen LogP contribution in [-0.2, 0) is 4.79 Å². The maximum atomic E-state index is 13.4. The Morgan fingerprint density at radius 1 is 1.00 bits per heavy atom. The summed E-state index contributed by atoms with van der Waals surface area (Å²) in [6, 6.07) is 0. The van der Waals surface area contributed by atoms with Crippen LogP contribution in [0.2, 0.25) is 0 Å². The van der Waals surface area contributed by atoms with Crippen molar-refractivity contribution in [2.24, 2.45) is 10.8 Å². The lowest BCUT2D eigenvalue weighted by Crippen LogP contribution is -2.47. The smallest absolute Gasteiger partial charge is 0.227 e. The first-order valence-corrected chi connectivity index (χ1v) is 12.1. The number of Topliss-reactive ketones (excluding diaryl/α,β-unsaturated/α-hetero) is 1. The van der Waals surface area contributed by atoms with Gasteiger partial charge in [0, 0.05) is 22.8 Å². The number of aliphatic hydroxyl groups is 5. The molecule has 6 heteroatoms. The van der Waals surface area contributed by atoms with Crippen molar-refractivity contribution in [2.45, 2.75) is 103 Å². The second-order valence-electron chi connectivity index (χ2n) is 11.8. The molecule has 0 heterocycles. The number of carbonyl (C=O) groups is 1. The molecule has 5 atom stereocenters. The van der Waals surface area contributed by atoms with Crippen LogP contribution in [0.15, 0.2) is 45.8 Å². The number of aliphatic hydroxyl groups excluding tert-OH is 3. The molecule has 4 aliphatic carbocycles. The van der Waals surface area contributed by atoms with Crippen LogP contribution in [0.1, 0.15) is 79.6 Å². The van der Waals surface area contributed by atoms with Crippen molar-refractivity contribution in [3.63, 3.8) is 0 Å². The van der Waals surface area contributed by atoms with Crippen LogP contribution in [0.25, 0.3) is 0 Å². The minimum Gasteiger partial charge on any atom is -0.504 e. The molecule has 0 bridgehead atoms. The molecular weight excluding hydrogens is 420 g/mol. The zero-order chi connectivity index (χ0) is 24.6. The Morgan fingerprint density at radius 3 is 2.30 bits per heavy atom. The predicted octanol–water partition coefficient (Wildman–Crippen LogP) is 3.56. The van der Waals surface area contributed by atoms with E-state index in [1.165, 1.54) is 0 Å². The summed E-state index contributed by atoms with van der Waals surface area (Å²) in [6.07, 6.45) is 5.33. The van der Waals surface area contributed by atoms with Gasteiger partial charge in [0.05, 0.1) is 23.4 Å². The SMILES string of the molecule is CC(C)(O)CCC[C@@](C)(O)C1=CC=C2C3=C(CC[C@@]21C)[C@@]1(C)C[C@H](O)[C@H](O)CC1=C(O)C3=O. The van der Waals surface area contributed by atoms with E-state index in [9.17, 15) is 30.3 Å². The van der Waals surface area contributed by atoms with Crippen molar-refractivity contribution in [2.75, 3.05) is 0 Å². The van der Waals surface area contributed by atoms with Crippen molar-refractivity contribution in [1.29, 1.82) is 0 Å². The van der Waals surface area contributed by atoms with E-state index in [4.69, 9.17) is 0 Å². The number of rotatable bonds is 5. The number of hydrogen-bond acceptors (Lipinski definition) is 6. The highest BCUT2D eigenvalue weighted by Crippen LogP contribution is 2.62. The summed E-state index contributed by atoms with van der Waals surface area (Å²) in [7, 11) is 0. The van der Waals surface area contributed by atoms with Crippen molar-refractivity contribution in [3.8, 4) is 0 Å². The number of allylic oxidation sites excluding steroid dienone is 5. The molecule has 4 rings (SSSR count). The van der Waals surface area contributed by atoms with Gasteiger partial charge in [0.1, 0.15) is 0 Å². The molecule has 4 aliphatic rings. The molecule has 33 heavy (non-hydrogen) atoms. The fourth-order valence-corrected chi connectivity index (χ4v) is 6.72. The third-order valence-electron chi connectivity index (χ3n) is 8.62. The predicted molar refractivity (Wildman–Crippen MR) is 125 cm³/mol. The van der Waals surface area contributed by atoms with Gasteiger partial charge in [0.15, 0.2) is 5.76 Å². The Kier molecular flexibility index (Phi) is 5.65. The van der Waals surface area contributed by atoms with Crippen LogP contribution in [0.5, 0.6) is 0 Å². The average Bonchev–Trinajstić information content (AvgIpc) is 3.05. The number of carbonyl (C=O) groups excluding carboxylic acids is 1. The van der Waals surface area contributed by atoms with E-state index in [1.54, 1.807) is 20.8 Å². The van der Waals surface area contributed by atoms with Crippen molar-refractivity contribution in [1.82, 2.24) is 0 Å². The molecule has 1 fully saturated rings. The number of ketones is 1. The number of fused-ring (bicyclic) bond motifs is 4. The lowest BCUT2D eigenvalue weighted by atomic mass is 9.54. The molecule has 0 aromatic carbocycles. The molecule has 6 nitrogen and oxygen atoms in total. The molecule has 0 aromatic rings. The first-order chi connectivity index (χ1) is 15.1. The van der Waals surface area contributed by atoms with Gasteiger partial charge in [-0.3, -0.25) is 4.79 Å². The van der Waals surface area contributed by atoms with Crippen LogP contribution in [0, 0.1) is 10.8 Å². The van der Waals surface area contributed by atoms with Gasteiger partial charge in [-0.25, -0.2) is 0 Å². The lowest BCUT2D eigenvalue weighted by molar-refractivity contribution is -0.115. The van der Waals surface area contributed by atoms with Crippen LogP contribution in [-0.4, -0.2) is 54.7 Å². The summed E-state index contributed by atoms with van der Waals surface area (Å²) in [6.45, 7) is 9.33. The highest BCUT2D eigenvalue weighted by Gasteiger charge is 2.55. The van der Waals surface area contributed by atoms with Crippen molar-refractivity contribution >= 4 is 5.78 Å². The average molecular weight is 459 g/mol.